The molecule has 3 aliphatic rings. The van der Waals surface area contributed by atoms with Crippen LogP contribution in [-0.2, 0) is 11.0 Å². The lowest BCUT2D eigenvalue weighted by molar-refractivity contribution is -0.137. The minimum Gasteiger partial charge on any atom is -0.338 e. The summed E-state index contributed by atoms with van der Waals surface area (Å²) >= 11 is 0. The first-order valence-corrected chi connectivity index (χ1v) is 10.0. The molecule has 0 saturated carbocycles. The molecule has 5 rings (SSSR count). The van der Waals surface area contributed by atoms with Crippen LogP contribution < -0.4 is 16.1 Å². The number of pyridine rings is 1. The molecule has 1 amide bonds. The van der Waals surface area contributed by atoms with E-state index in [4.69, 9.17) is 4.52 Å². The van der Waals surface area contributed by atoms with E-state index in [2.05, 4.69) is 31.2 Å². The Balaban J connectivity index is 1.42. The highest BCUT2D eigenvalue weighted by molar-refractivity contribution is 5.89. The topological polar surface area (TPSA) is 108 Å². The third-order valence-electron chi connectivity index (χ3n) is 5.87. The van der Waals surface area contributed by atoms with Crippen molar-refractivity contribution in [3.8, 4) is 11.4 Å². The van der Waals surface area contributed by atoms with E-state index >= 15 is 0 Å². The van der Waals surface area contributed by atoms with E-state index in [0.29, 0.717) is 6.54 Å². The van der Waals surface area contributed by atoms with E-state index in [9.17, 15) is 18.0 Å². The number of nitrogens with one attached hydrogen (secondary N) is 3. The number of piperidine rings is 1. The van der Waals surface area contributed by atoms with Gasteiger partial charge in [0, 0.05) is 36.6 Å². The Labute approximate surface area is 175 Å². The van der Waals surface area contributed by atoms with E-state index in [0.717, 1.165) is 50.1 Å². The lowest BCUT2D eigenvalue weighted by Crippen LogP contribution is -2.53. The van der Waals surface area contributed by atoms with Gasteiger partial charge in [-0.1, -0.05) is 5.16 Å². The molecule has 0 spiro atoms. The van der Waals surface area contributed by atoms with Crippen LogP contribution in [0.15, 0.2) is 34.8 Å². The van der Waals surface area contributed by atoms with Crippen LogP contribution in [0.4, 0.5) is 13.2 Å². The van der Waals surface area contributed by atoms with E-state index < -0.39 is 23.8 Å². The van der Waals surface area contributed by atoms with Crippen LogP contribution in [0.1, 0.15) is 30.2 Å². The number of rotatable bonds is 3. The molecule has 5 heterocycles. The molecule has 3 N–H and O–H groups in total. The minimum atomic E-state index is -4.57. The average molecular weight is 435 g/mol. The van der Waals surface area contributed by atoms with E-state index in [-0.39, 0.29) is 29.1 Å². The van der Waals surface area contributed by atoms with Gasteiger partial charge in [-0.2, -0.15) is 18.2 Å². The monoisotopic (exact) mass is 435 g/mol. The Hall–Kier alpha value is -2.99. The largest absolute Gasteiger partial charge is 0.417 e. The van der Waals surface area contributed by atoms with Gasteiger partial charge < -0.3 is 15.2 Å². The number of alkyl halides is 3. The standard InChI is InChI=1S/C19H20F3N7O2/c20-19(21,22)13-3-6-24-8-11(13)16-27-18(31-28-16)12-9-25-29-14(7-15(30)26-17(12)29)10-1-4-23-5-2-10/h3,6-8,10,12,17,23,25H,1-2,4-5,9H2,(H,26,30). The van der Waals surface area contributed by atoms with Gasteiger partial charge in [0.1, 0.15) is 6.17 Å². The van der Waals surface area contributed by atoms with Crippen molar-refractivity contribution in [2.75, 3.05) is 19.6 Å². The Bertz CT molecular complexity index is 1020. The molecule has 31 heavy (non-hydrogen) atoms. The predicted octanol–water partition coefficient (Wildman–Crippen LogP) is 1.39. The molecule has 3 aliphatic heterocycles. The smallest absolute Gasteiger partial charge is 0.338 e. The van der Waals surface area contributed by atoms with Crippen LogP contribution in [0.25, 0.3) is 11.4 Å². The van der Waals surface area contributed by atoms with Gasteiger partial charge in [0.25, 0.3) is 0 Å². The van der Waals surface area contributed by atoms with Gasteiger partial charge in [0.05, 0.1) is 17.0 Å². The molecule has 0 bridgehead atoms. The molecule has 2 saturated heterocycles. The zero-order valence-electron chi connectivity index (χ0n) is 16.3. The number of hydrogen-bond donors (Lipinski definition) is 3. The van der Waals surface area contributed by atoms with Gasteiger partial charge in [0.15, 0.2) is 0 Å². The van der Waals surface area contributed by atoms with Crippen LogP contribution in [0, 0.1) is 5.92 Å². The van der Waals surface area contributed by atoms with E-state index in [1.165, 1.54) is 0 Å². The zero-order chi connectivity index (χ0) is 21.6. The highest BCUT2D eigenvalue weighted by Gasteiger charge is 2.44. The van der Waals surface area contributed by atoms with Crippen LogP contribution in [-0.4, -0.2) is 51.8 Å². The van der Waals surface area contributed by atoms with Crippen LogP contribution in [0.5, 0.6) is 0 Å². The third-order valence-corrected chi connectivity index (χ3v) is 5.87. The molecular formula is C19H20F3N7O2. The molecular weight excluding hydrogens is 415 g/mol. The molecule has 2 fully saturated rings. The summed E-state index contributed by atoms with van der Waals surface area (Å²) in [6.07, 6.45) is 0.534. The van der Waals surface area contributed by atoms with Crippen molar-refractivity contribution in [3.05, 3.63) is 41.7 Å². The molecule has 2 aromatic rings. The second kappa shape index (κ2) is 7.61. The van der Waals surface area contributed by atoms with Crippen molar-refractivity contribution >= 4 is 5.91 Å². The fourth-order valence-electron chi connectivity index (χ4n) is 4.36. The first kappa shape index (κ1) is 19.9. The Kier molecular flexibility index (Phi) is 4.89. The normalized spacial score (nSPS) is 24.7. The number of nitrogens with zero attached hydrogens (tertiary/aromatic N) is 4. The number of hydrazine groups is 1. The number of fused-ring (bicyclic) bond motifs is 1. The van der Waals surface area contributed by atoms with Crippen LogP contribution >= 0.6 is 0 Å². The van der Waals surface area contributed by atoms with Crippen LogP contribution in [0.3, 0.4) is 0 Å². The SMILES string of the molecule is O=C1C=C(C2CCNCC2)N2NCC(c3nc(-c4cnccc4C(F)(F)F)no3)C2N1. The molecule has 164 valence electrons. The number of allylic oxidation sites excluding steroid dienone is 1. The highest BCUT2D eigenvalue weighted by atomic mass is 19.4. The number of halogens is 3. The zero-order valence-corrected chi connectivity index (χ0v) is 16.3. The number of amides is 1. The maximum Gasteiger partial charge on any atom is 0.417 e. The number of carbonyl (C=O) groups is 1. The maximum absolute atomic E-state index is 13.3. The summed E-state index contributed by atoms with van der Waals surface area (Å²) in [5.74, 6) is -0.426. The van der Waals surface area contributed by atoms with Crippen molar-refractivity contribution in [3.63, 3.8) is 0 Å². The second-order valence-corrected chi connectivity index (χ2v) is 7.76. The van der Waals surface area contributed by atoms with Gasteiger partial charge in [0.2, 0.25) is 17.6 Å². The fourth-order valence-corrected chi connectivity index (χ4v) is 4.36. The summed E-state index contributed by atoms with van der Waals surface area (Å²) < 4.78 is 45.3. The summed E-state index contributed by atoms with van der Waals surface area (Å²) in [5, 5.41) is 11.9. The number of carbonyl (C=O) groups excluding carboxylic acids is 1. The van der Waals surface area contributed by atoms with Crippen molar-refractivity contribution in [1.82, 2.24) is 36.2 Å². The van der Waals surface area contributed by atoms with Crippen molar-refractivity contribution in [1.29, 1.82) is 0 Å². The number of hydrogen-bond acceptors (Lipinski definition) is 8. The number of aromatic nitrogens is 3. The van der Waals surface area contributed by atoms with Crippen molar-refractivity contribution < 1.29 is 22.5 Å². The van der Waals surface area contributed by atoms with Gasteiger partial charge in [-0.25, -0.2) is 5.43 Å². The van der Waals surface area contributed by atoms with E-state index in [1.807, 2.05) is 5.01 Å². The predicted molar refractivity (Wildman–Crippen MR) is 101 cm³/mol. The molecule has 2 aromatic heterocycles. The molecule has 0 aromatic carbocycles. The highest BCUT2D eigenvalue weighted by Crippen LogP contribution is 2.37. The first-order valence-electron chi connectivity index (χ1n) is 10.0. The van der Waals surface area contributed by atoms with E-state index in [1.54, 1.807) is 6.08 Å². The van der Waals surface area contributed by atoms with Crippen LogP contribution in [0.2, 0.25) is 0 Å². The Morgan fingerprint density at radius 3 is 2.81 bits per heavy atom. The molecule has 2 atom stereocenters. The summed E-state index contributed by atoms with van der Waals surface area (Å²) in [5.41, 5.74) is 3.04. The van der Waals surface area contributed by atoms with Crippen molar-refractivity contribution in [2.45, 2.75) is 31.1 Å². The first-order chi connectivity index (χ1) is 14.9. The lowest BCUT2D eigenvalue weighted by Gasteiger charge is -2.38. The quantitative estimate of drug-likeness (QED) is 0.664. The van der Waals surface area contributed by atoms with Crippen molar-refractivity contribution in [2.24, 2.45) is 5.92 Å². The van der Waals surface area contributed by atoms with Gasteiger partial charge in [-0.3, -0.25) is 14.8 Å². The second-order valence-electron chi connectivity index (χ2n) is 7.76. The molecule has 2 unspecified atom stereocenters. The molecule has 0 aliphatic carbocycles. The minimum absolute atomic E-state index is 0.152. The van der Waals surface area contributed by atoms with Gasteiger partial charge in [-0.05, 0) is 32.0 Å². The average Bonchev–Trinajstić information content (AvgIpc) is 3.40. The Morgan fingerprint density at radius 1 is 1.23 bits per heavy atom. The summed E-state index contributed by atoms with van der Waals surface area (Å²) in [7, 11) is 0. The molecule has 9 nitrogen and oxygen atoms in total. The van der Waals surface area contributed by atoms with Gasteiger partial charge in [-0.15, -0.1) is 0 Å². The fraction of sp³-hybridized carbons (Fsp3) is 0.474. The summed E-state index contributed by atoms with van der Waals surface area (Å²) in [6, 6.07) is 0.877. The summed E-state index contributed by atoms with van der Waals surface area (Å²) in [6.45, 7) is 2.16. The maximum atomic E-state index is 13.3. The molecule has 12 heteroatoms. The summed E-state index contributed by atoms with van der Waals surface area (Å²) in [4.78, 5) is 20.4. The third kappa shape index (κ3) is 3.65. The Morgan fingerprint density at radius 2 is 2.03 bits per heavy atom. The molecule has 0 radical (unpaired) electrons. The lowest BCUT2D eigenvalue weighted by atomic mass is 9.92. The van der Waals surface area contributed by atoms with Gasteiger partial charge >= 0.3 is 6.18 Å².